The van der Waals surface area contributed by atoms with E-state index in [1.807, 2.05) is 6.07 Å². The van der Waals surface area contributed by atoms with Crippen LogP contribution in [-0.4, -0.2) is 16.0 Å². The summed E-state index contributed by atoms with van der Waals surface area (Å²) in [5, 5.41) is 6.81. The Kier molecular flexibility index (Phi) is 4.55. The van der Waals surface area contributed by atoms with E-state index < -0.39 is 0 Å². The first kappa shape index (κ1) is 15.5. The van der Waals surface area contributed by atoms with Gasteiger partial charge in [-0.2, -0.15) is 0 Å². The van der Waals surface area contributed by atoms with Gasteiger partial charge in [0.05, 0.1) is 5.56 Å². The number of ketones is 1. The minimum Gasteiger partial charge on any atom is -0.483 e. The average molecular weight is 347 g/mol. The maximum Gasteiger partial charge on any atom is 0.284 e. The van der Waals surface area contributed by atoms with Crippen LogP contribution < -0.4 is 4.74 Å². The molecule has 1 N–H and O–H groups in total. The molecule has 0 radical (unpaired) electrons. The van der Waals surface area contributed by atoms with Gasteiger partial charge < -0.3 is 9.15 Å². The zero-order valence-corrected chi connectivity index (χ0v) is 13.4. The number of nitrogens with zero attached hydrogens (tertiary/aromatic N) is 1. The van der Waals surface area contributed by atoms with Crippen LogP contribution in [0.3, 0.4) is 0 Å². The quantitative estimate of drug-likeness (QED) is 0.554. The lowest BCUT2D eigenvalue weighted by molar-refractivity contribution is 0.103. The summed E-state index contributed by atoms with van der Waals surface area (Å²) in [5.74, 6) is 0.515. The third-order valence-corrected chi connectivity index (χ3v) is 3.47. The lowest BCUT2D eigenvalue weighted by Gasteiger charge is -2.10. The summed E-state index contributed by atoms with van der Waals surface area (Å²) in [6, 6.07) is 13.8. The highest BCUT2D eigenvalue weighted by Gasteiger charge is 2.16. The molecule has 0 amide bonds. The summed E-state index contributed by atoms with van der Waals surface area (Å²) < 4.78 is 10.8. The number of aromatic amines is 1. The number of halogens is 1. The van der Waals surface area contributed by atoms with Crippen LogP contribution in [0.5, 0.6) is 5.75 Å². The summed E-state index contributed by atoms with van der Waals surface area (Å²) in [6.07, 6.45) is 0. The summed E-state index contributed by atoms with van der Waals surface area (Å²) in [4.78, 5) is 12.8. The second-order valence-corrected chi connectivity index (χ2v) is 5.44. The number of H-pyrrole nitrogens is 1. The van der Waals surface area contributed by atoms with Crippen molar-refractivity contribution >= 4 is 29.6 Å². The fraction of sp³-hybridized carbons (Fsp3) is 0.0625. The van der Waals surface area contributed by atoms with Crippen LogP contribution in [0.25, 0.3) is 0 Å². The minimum absolute atomic E-state index is 0.0455. The molecular weight excluding hydrogens is 336 g/mol. The number of hydrogen-bond acceptors (Lipinski definition) is 5. The first-order chi connectivity index (χ1) is 11.1. The summed E-state index contributed by atoms with van der Waals surface area (Å²) in [6.45, 7) is 0.0455. The molecule has 2 aromatic carbocycles. The molecule has 0 fully saturated rings. The fourth-order valence-electron chi connectivity index (χ4n) is 2.01. The Balaban J connectivity index is 1.88. The van der Waals surface area contributed by atoms with E-state index in [4.69, 9.17) is 33.0 Å². The van der Waals surface area contributed by atoms with Gasteiger partial charge in [-0.05, 0) is 30.4 Å². The molecule has 0 bridgehead atoms. The van der Waals surface area contributed by atoms with Gasteiger partial charge in [0.15, 0.2) is 12.4 Å². The van der Waals surface area contributed by atoms with Gasteiger partial charge in [0.25, 0.3) is 10.7 Å². The fourth-order valence-corrected chi connectivity index (χ4v) is 2.33. The molecular formula is C16H11ClN2O3S. The van der Waals surface area contributed by atoms with Crippen LogP contribution in [0, 0.1) is 4.84 Å². The molecule has 0 aliphatic heterocycles. The number of carbonyl (C=O) groups excluding carboxylic acids is 1. The standard InChI is InChI=1S/C16H11ClN2O3S/c17-11-6-7-13(21-9-14-18-19-16(23)22-14)12(8-11)15(20)10-4-2-1-3-5-10/h1-8H,9H2,(H,19,23). The predicted octanol–water partition coefficient (Wildman–Crippen LogP) is 4.20. The Labute approximate surface area is 141 Å². The van der Waals surface area contributed by atoms with Crippen molar-refractivity contribution in [1.29, 1.82) is 0 Å². The number of nitrogens with one attached hydrogen (secondary N) is 1. The highest BCUT2D eigenvalue weighted by molar-refractivity contribution is 7.71. The van der Waals surface area contributed by atoms with Gasteiger partial charge in [-0.3, -0.25) is 4.79 Å². The highest BCUT2D eigenvalue weighted by atomic mass is 35.5. The van der Waals surface area contributed by atoms with Crippen molar-refractivity contribution < 1.29 is 13.9 Å². The molecule has 1 aromatic heterocycles. The van der Waals surface area contributed by atoms with Crippen LogP contribution in [-0.2, 0) is 6.61 Å². The topological polar surface area (TPSA) is 68.1 Å². The third-order valence-electron chi connectivity index (χ3n) is 3.06. The number of rotatable bonds is 5. The molecule has 0 saturated carbocycles. The minimum atomic E-state index is -0.175. The number of aromatic nitrogens is 2. The largest absolute Gasteiger partial charge is 0.483 e. The van der Waals surface area contributed by atoms with Gasteiger partial charge in [-0.1, -0.05) is 41.9 Å². The van der Waals surface area contributed by atoms with E-state index in [0.717, 1.165) is 0 Å². The molecule has 0 saturated heterocycles. The number of carbonyl (C=O) groups is 1. The van der Waals surface area contributed by atoms with E-state index in [0.29, 0.717) is 27.8 Å². The molecule has 7 heteroatoms. The Morgan fingerprint density at radius 1 is 1.26 bits per heavy atom. The van der Waals surface area contributed by atoms with Crippen molar-refractivity contribution in [3.8, 4) is 5.75 Å². The Bertz CT molecular complexity index is 890. The van der Waals surface area contributed by atoms with Crippen LogP contribution in [0.4, 0.5) is 0 Å². The van der Waals surface area contributed by atoms with Gasteiger partial charge in [-0.15, -0.1) is 5.10 Å². The summed E-state index contributed by atoms with van der Waals surface area (Å²) in [7, 11) is 0. The molecule has 23 heavy (non-hydrogen) atoms. The molecule has 1 heterocycles. The third kappa shape index (κ3) is 3.67. The number of hydrogen-bond donors (Lipinski definition) is 1. The van der Waals surface area contributed by atoms with Gasteiger partial charge in [0, 0.05) is 10.6 Å². The van der Waals surface area contributed by atoms with E-state index in [1.54, 1.807) is 42.5 Å². The maximum atomic E-state index is 12.6. The van der Waals surface area contributed by atoms with Crippen LogP contribution in [0.2, 0.25) is 5.02 Å². The van der Waals surface area contributed by atoms with Crippen molar-refractivity contribution in [2.75, 3.05) is 0 Å². The van der Waals surface area contributed by atoms with Gasteiger partial charge in [-0.25, -0.2) is 5.10 Å². The van der Waals surface area contributed by atoms with Crippen molar-refractivity contribution in [2.24, 2.45) is 0 Å². The van der Waals surface area contributed by atoms with Crippen LogP contribution in [0.15, 0.2) is 52.9 Å². The van der Waals surface area contributed by atoms with E-state index in [-0.39, 0.29) is 17.2 Å². The lowest BCUT2D eigenvalue weighted by atomic mass is 10.0. The highest BCUT2D eigenvalue weighted by Crippen LogP contribution is 2.26. The monoisotopic (exact) mass is 346 g/mol. The van der Waals surface area contributed by atoms with Crippen molar-refractivity contribution in [3.05, 3.63) is 75.4 Å². The molecule has 5 nitrogen and oxygen atoms in total. The molecule has 0 aliphatic carbocycles. The molecule has 116 valence electrons. The summed E-state index contributed by atoms with van der Waals surface area (Å²) in [5.41, 5.74) is 0.926. The lowest BCUT2D eigenvalue weighted by Crippen LogP contribution is -2.06. The summed E-state index contributed by atoms with van der Waals surface area (Å²) >= 11 is 10.8. The Morgan fingerprint density at radius 3 is 2.74 bits per heavy atom. The first-order valence-corrected chi connectivity index (χ1v) is 7.48. The van der Waals surface area contributed by atoms with E-state index in [9.17, 15) is 4.79 Å². The zero-order chi connectivity index (χ0) is 16.2. The second-order valence-electron chi connectivity index (χ2n) is 4.63. The molecule has 3 rings (SSSR count). The van der Waals surface area contributed by atoms with Gasteiger partial charge in [0.1, 0.15) is 5.75 Å². The molecule has 0 unspecified atom stereocenters. The van der Waals surface area contributed by atoms with Crippen LogP contribution >= 0.6 is 23.8 Å². The van der Waals surface area contributed by atoms with E-state index in [1.165, 1.54) is 0 Å². The van der Waals surface area contributed by atoms with Gasteiger partial charge in [0.2, 0.25) is 0 Å². The molecule has 0 aliphatic rings. The zero-order valence-electron chi connectivity index (χ0n) is 11.8. The van der Waals surface area contributed by atoms with Gasteiger partial charge >= 0.3 is 0 Å². The number of benzene rings is 2. The van der Waals surface area contributed by atoms with E-state index >= 15 is 0 Å². The van der Waals surface area contributed by atoms with Crippen molar-refractivity contribution in [1.82, 2.24) is 10.2 Å². The van der Waals surface area contributed by atoms with Crippen LogP contribution in [0.1, 0.15) is 21.8 Å². The Hall–Kier alpha value is -2.44. The second kappa shape index (κ2) is 6.76. The SMILES string of the molecule is O=C(c1ccccc1)c1cc(Cl)ccc1OCc1n[nH]c(=S)o1. The first-order valence-electron chi connectivity index (χ1n) is 6.70. The number of ether oxygens (including phenoxy) is 1. The van der Waals surface area contributed by atoms with Crippen molar-refractivity contribution in [2.45, 2.75) is 6.61 Å². The molecule has 0 spiro atoms. The van der Waals surface area contributed by atoms with Crippen molar-refractivity contribution in [3.63, 3.8) is 0 Å². The average Bonchev–Trinajstić information content (AvgIpc) is 2.99. The molecule has 3 aromatic rings. The van der Waals surface area contributed by atoms with E-state index in [2.05, 4.69) is 10.2 Å². The normalized spacial score (nSPS) is 10.5. The maximum absolute atomic E-state index is 12.6. The predicted molar refractivity (Wildman–Crippen MR) is 87.3 cm³/mol. The molecule has 0 atom stereocenters. The Morgan fingerprint density at radius 2 is 2.04 bits per heavy atom. The smallest absolute Gasteiger partial charge is 0.284 e.